The molecular formula is C24H26O4. The van der Waals surface area contributed by atoms with E-state index in [0.29, 0.717) is 12.0 Å². The molecule has 0 heterocycles. The molecule has 2 fully saturated rings. The first-order valence-electron chi connectivity index (χ1n) is 10.2. The Morgan fingerprint density at radius 2 is 1.46 bits per heavy atom. The van der Waals surface area contributed by atoms with Crippen molar-refractivity contribution in [2.24, 2.45) is 11.8 Å². The van der Waals surface area contributed by atoms with Gasteiger partial charge in [0.1, 0.15) is 12.2 Å². The Bertz CT molecular complexity index is 817. The summed E-state index contributed by atoms with van der Waals surface area (Å²) in [6.45, 7) is 1.99. The Hall–Kier alpha value is -2.62. The summed E-state index contributed by atoms with van der Waals surface area (Å²) in [5, 5.41) is 0. The van der Waals surface area contributed by atoms with Gasteiger partial charge in [-0.15, -0.1) is 0 Å². The number of fused-ring (bicyclic) bond motifs is 2. The Balaban J connectivity index is 1.47. The first-order valence-corrected chi connectivity index (χ1v) is 10.2. The Labute approximate surface area is 165 Å². The smallest absolute Gasteiger partial charge is 0.338 e. The van der Waals surface area contributed by atoms with E-state index in [4.69, 9.17) is 9.47 Å². The van der Waals surface area contributed by atoms with E-state index in [1.165, 1.54) is 0 Å². The number of hydrogen-bond acceptors (Lipinski definition) is 4. The van der Waals surface area contributed by atoms with Gasteiger partial charge in [-0.05, 0) is 43.4 Å². The molecule has 2 aliphatic carbocycles. The summed E-state index contributed by atoms with van der Waals surface area (Å²) in [6.07, 6.45) is 3.02. The third kappa shape index (κ3) is 3.68. The topological polar surface area (TPSA) is 52.6 Å². The zero-order chi connectivity index (χ0) is 19.5. The molecule has 2 bridgehead atoms. The van der Waals surface area contributed by atoms with Crippen LogP contribution in [0.15, 0.2) is 60.7 Å². The van der Waals surface area contributed by atoms with E-state index in [1.54, 1.807) is 12.1 Å². The number of benzene rings is 2. The zero-order valence-corrected chi connectivity index (χ0v) is 16.1. The molecule has 0 unspecified atom stereocenters. The summed E-state index contributed by atoms with van der Waals surface area (Å²) in [6, 6.07) is 18.7. The van der Waals surface area contributed by atoms with E-state index >= 15 is 0 Å². The fourth-order valence-electron chi connectivity index (χ4n) is 4.72. The van der Waals surface area contributed by atoms with Gasteiger partial charge < -0.3 is 9.47 Å². The van der Waals surface area contributed by atoms with Crippen LogP contribution >= 0.6 is 0 Å². The molecule has 0 aromatic heterocycles. The lowest BCUT2D eigenvalue weighted by atomic mass is 9.93. The summed E-state index contributed by atoms with van der Waals surface area (Å²) >= 11 is 0. The lowest BCUT2D eigenvalue weighted by Gasteiger charge is -2.31. The summed E-state index contributed by atoms with van der Waals surface area (Å²) in [5.74, 6) is -0.268. The second-order valence-corrected chi connectivity index (χ2v) is 7.84. The molecule has 28 heavy (non-hydrogen) atoms. The van der Waals surface area contributed by atoms with Gasteiger partial charge in [0.25, 0.3) is 0 Å². The van der Waals surface area contributed by atoms with Gasteiger partial charge in [0.15, 0.2) is 0 Å². The highest BCUT2D eigenvalue weighted by atomic mass is 16.6. The third-order valence-corrected chi connectivity index (χ3v) is 6.17. The molecule has 0 N–H and O–H groups in total. The number of carbonyl (C=O) groups is 2. The normalized spacial score (nSPS) is 26.6. The number of rotatable bonds is 6. The molecule has 5 atom stereocenters. The second-order valence-electron chi connectivity index (χ2n) is 7.84. The molecule has 4 nitrogen and oxygen atoms in total. The lowest BCUT2D eigenvalue weighted by molar-refractivity contribution is -0.161. The van der Waals surface area contributed by atoms with Crippen molar-refractivity contribution in [2.75, 3.05) is 0 Å². The van der Waals surface area contributed by atoms with Crippen LogP contribution < -0.4 is 0 Å². The van der Waals surface area contributed by atoms with Crippen LogP contribution in [0.4, 0.5) is 0 Å². The van der Waals surface area contributed by atoms with E-state index < -0.39 is 0 Å². The van der Waals surface area contributed by atoms with Gasteiger partial charge in [-0.25, -0.2) is 4.79 Å². The van der Waals surface area contributed by atoms with Crippen LogP contribution in [0.2, 0.25) is 0 Å². The molecule has 2 aliphatic rings. The molecule has 2 aromatic rings. The van der Waals surface area contributed by atoms with Crippen LogP contribution in [0.25, 0.3) is 0 Å². The van der Waals surface area contributed by atoms with Crippen molar-refractivity contribution >= 4 is 11.9 Å². The highest BCUT2D eigenvalue weighted by Crippen LogP contribution is 2.48. The molecule has 0 aliphatic heterocycles. The van der Waals surface area contributed by atoms with Gasteiger partial charge >= 0.3 is 11.9 Å². The molecule has 0 spiro atoms. The number of hydrogen-bond donors (Lipinski definition) is 0. The quantitative estimate of drug-likeness (QED) is 0.681. The van der Waals surface area contributed by atoms with Gasteiger partial charge in [-0.2, -0.15) is 0 Å². The van der Waals surface area contributed by atoms with Crippen LogP contribution in [0, 0.1) is 11.8 Å². The minimum Gasteiger partial charge on any atom is -0.458 e. The lowest BCUT2D eigenvalue weighted by Crippen LogP contribution is -2.40. The van der Waals surface area contributed by atoms with Gasteiger partial charge in [-0.3, -0.25) is 4.79 Å². The minimum absolute atomic E-state index is 0.216. The fourth-order valence-corrected chi connectivity index (χ4v) is 4.72. The van der Waals surface area contributed by atoms with Crippen LogP contribution in [0.3, 0.4) is 0 Å². The average Bonchev–Trinajstić information content (AvgIpc) is 3.33. The van der Waals surface area contributed by atoms with Crippen LogP contribution in [0.5, 0.6) is 0 Å². The van der Waals surface area contributed by atoms with Crippen molar-refractivity contribution in [2.45, 2.75) is 50.7 Å². The Morgan fingerprint density at radius 3 is 2.07 bits per heavy atom. The molecule has 0 saturated heterocycles. The van der Waals surface area contributed by atoms with Gasteiger partial charge in [0.05, 0.1) is 11.5 Å². The van der Waals surface area contributed by atoms with Crippen molar-refractivity contribution in [1.82, 2.24) is 0 Å². The largest absolute Gasteiger partial charge is 0.458 e. The van der Waals surface area contributed by atoms with E-state index in [9.17, 15) is 9.59 Å². The van der Waals surface area contributed by atoms with Crippen molar-refractivity contribution in [3.8, 4) is 0 Å². The Morgan fingerprint density at radius 1 is 0.893 bits per heavy atom. The van der Waals surface area contributed by atoms with Crippen molar-refractivity contribution in [3.63, 3.8) is 0 Å². The van der Waals surface area contributed by atoms with Gasteiger partial charge in [0, 0.05) is 11.8 Å². The molecule has 4 heteroatoms. The monoisotopic (exact) mass is 378 g/mol. The second kappa shape index (κ2) is 8.17. The molecule has 4 rings (SSSR count). The molecule has 0 radical (unpaired) electrons. The SMILES string of the molecule is CC[C@@H](C(=O)O[C@H]1[C@@H]2CC[C@@H](C2)[C@H]1OC(=O)c1ccccc1)c1ccccc1. The van der Waals surface area contributed by atoms with Crippen LogP contribution in [-0.2, 0) is 14.3 Å². The molecular weight excluding hydrogens is 352 g/mol. The van der Waals surface area contributed by atoms with E-state index in [-0.39, 0.29) is 41.9 Å². The maximum absolute atomic E-state index is 12.9. The first kappa shape index (κ1) is 18.7. The number of carbonyl (C=O) groups excluding carboxylic acids is 2. The highest BCUT2D eigenvalue weighted by molar-refractivity contribution is 5.89. The van der Waals surface area contributed by atoms with Crippen molar-refractivity contribution < 1.29 is 19.1 Å². The molecule has 2 saturated carbocycles. The fraction of sp³-hybridized carbons (Fsp3) is 0.417. The maximum Gasteiger partial charge on any atom is 0.338 e. The molecule has 2 aromatic carbocycles. The predicted molar refractivity (Wildman–Crippen MR) is 106 cm³/mol. The third-order valence-electron chi connectivity index (χ3n) is 6.17. The van der Waals surface area contributed by atoms with Gasteiger partial charge in [0.2, 0.25) is 0 Å². The standard InChI is InChI=1S/C24H26O4/c1-2-20(16-9-5-3-6-10-16)24(26)28-22-19-14-13-18(15-19)21(22)27-23(25)17-11-7-4-8-12-17/h3-12,18-22H,2,13-15H2,1H3/t18-,19+,20+,21+,22-/m0/s1. The highest BCUT2D eigenvalue weighted by Gasteiger charge is 2.52. The number of esters is 2. The summed E-state index contributed by atoms with van der Waals surface area (Å²) in [4.78, 5) is 25.5. The molecule has 0 amide bonds. The summed E-state index contributed by atoms with van der Waals surface area (Å²) < 4.78 is 11.8. The zero-order valence-electron chi connectivity index (χ0n) is 16.1. The van der Waals surface area contributed by atoms with Crippen LogP contribution in [-0.4, -0.2) is 24.1 Å². The Kier molecular flexibility index (Phi) is 5.47. The maximum atomic E-state index is 12.9. The number of ether oxygens (including phenoxy) is 2. The molecule has 146 valence electrons. The summed E-state index contributed by atoms with van der Waals surface area (Å²) in [5.41, 5.74) is 1.50. The minimum atomic E-state index is -0.344. The first-order chi connectivity index (χ1) is 13.7. The van der Waals surface area contributed by atoms with E-state index in [2.05, 4.69) is 0 Å². The average molecular weight is 378 g/mol. The van der Waals surface area contributed by atoms with E-state index in [1.807, 2.05) is 55.5 Å². The van der Waals surface area contributed by atoms with Crippen molar-refractivity contribution in [3.05, 3.63) is 71.8 Å². The summed E-state index contributed by atoms with van der Waals surface area (Å²) in [7, 11) is 0. The predicted octanol–water partition coefficient (Wildman–Crippen LogP) is 4.75. The van der Waals surface area contributed by atoms with Gasteiger partial charge in [-0.1, -0.05) is 55.5 Å². The van der Waals surface area contributed by atoms with Crippen LogP contribution in [0.1, 0.15) is 54.4 Å². The van der Waals surface area contributed by atoms with Crippen molar-refractivity contribution in [1.29, 1.82) is 0 Å². The van der Waals surface area contributed by atoms with E-state index in [0.717, 1.165) is 24.8 Å².